The Morgan fingerprint density at radius 3 is 2.59 bits per heavy atom. The number of carbonyl (C=O) groups excluding carboxylic acids is 1. The maximum Gasteiger partial charge on any atom is 0.433 e. The van der Waals surface area contributed by atoms with E-state index in [2.05, 4.69) is 42.1 Å². The van der Waals surface area contributed by atoms with E-state index in [0.29, 0.717) is 27.8 Å². The van der Waals surface area contributed by atoms with E-state index in [1.54, 1.807) is 24.3 Å². The Bertz CT molecular complexity index is 1400. The van der Waals surface area contributed by atoms with Crippen LogP contribution in [0, 0.1) is 22.7 Å². The molecule has 0 radical (unpaired) electrons. The van der Waals surface area contributed by atoms with E-state index < -0.39 is 17.8 Å². The van der Waals surface area contributed by atoms with Crippen LogP contribution < -0.4 is 10.1 Å². The highest BCUT2D eigenvalue weighted by atomic mass is 32.2. The van der Waals surface area contributed by atoms with Gasteiger partial charge in [-0.05, 0) is 66.5 Å². The third kappa shape index (κ3) is 6.56. The Balaban J connectivity index is 1.50. The van der Waals surface area contributed by atoms with Crippen LogP contribution in [-0.4, -0.2) is 28.7 Å². The monoisotopic (exact) mass is 574 g/mol. The molecule has 4 rings (SSSR count). The molecule has 1 aliphatic carbocycles. The average molecular weight is 575 g/mol. The molecule has 0 aliphatic heterocycles. The minimum absolute atomic E-state index is 0.0881. The second kappa shape index (κ2) is 11.6. The van der Waals surface area contributed by atoms with Crippen LogP contribution in [0.4, 0.5) is 18.2 Å². The molecular weight excluding hydrogens is 545 g/mol. The first-order valence-corrected chi connectivity index (χ1v) is 14.3. The molecule has 11 heteroatoms. The van der Waals surface area contributed by atoms with Crippen LogP contribution in [0.1, 0.15) is 55.3 Å². The molecular formula is C28H29F3N4O2S2. The molecule has 0 unspecified atom stereocenters. The number of hydrogen-bond donors (Lipinski definition) is 1. The summed E-state index contributed by atoms with van der Waals surface area (Å²) >= 11 is 2.23. The van der Waals surface area contributed by atoms with Crippen molar-refractivity contribution in [1.29, 1.82) is 5.26 Å². The molecule has 206 valence electrons. The number of amides is 1. The summed E-state index contributed by atoms with van der Waals surface area (Å²) < 4.78 is 45.8. The zero-order valence-electron chi connectivity index (χ0n) is 22.1. The van der Waals surface area contributed by atoms with Gasteiger partial charge < -0.3 is 10.1 Å². The third-order valence-electron chi connectivity index (χ3n) is 7.36. The summed E-state index contributed by atoms with van der Waals surface area (Å²) in [5.41, 5.74) is 1.13. The van der Waals surface area contributed by atoms with Gasteiger partial charge in [0.25, 0.3) is 0 Å². The second-order valence-electron chi connectivity index (χ2n) is 10.1. The number of thioether (sulfide) groups is 1. The average Bonchev–Trinajstić information content (AvgIpc) is 3.27. The molecule has 2 heterocycles. The van der Waals surface area contributed by atoms with Gasteiger partial charge >= 0.3 is 6.18 Å². The molecule has 1 amide bonds. The number of alkyl halides is 3. The number of hydrogen-bond acceptors (Lipinski definition) is 7. The van der Waals surface area contributed by atoms with Crippen LogP contribution in [0.5, 0.6) is 5.75 Å². The molecule has 1 aliphatic rings. The van der Waals surface area contributed by atoms with E-state index >= 15 is 0 Å². The van der Waals surface area contributed by atoms with Gasteiger partial charge in [0.05, 0.1) is 24.1 Å². The summed E-state index contributed by atoms with van der Waals surface area (Å²) in [5.74, 6) is 0.416. The van der Waals surface area contributed by atoms with Crippen molar-refractivity contribution >= 4 is 34.0 Å². The standard InChI is InChI=1S/C28H29F3N4O2S2/c1-5-27(2,3)17-8-11-19-20(14-32)25(39-22(19)12-17)35-24(36)15-38-26-33-21(13-23(34-26)28(29,30)31)16-6-9-18(37-4)10-7-16/h6-7,9-10,13,17H,5,8,11-12,15H2,1-4H3,(H,35,36)/t17-/m1/s1. The molecule has 1 atom stereocenters. The van der Waals surface area contributed by atoms with E-state index in [1.807, 2.05) is 0 Å². The van der Waals surface area contributed by atoms with Gasteiger partial charge in [-0.1, -0.05) is 39.0 Å². The molecule has 1 N–H and O–H groups in total. The highest BCUT2D eigenvalue weighted by molar-refractivity contribution is 7.99. The van der Waals surface area contributed by atoms with Crippen LogP contribution in [0.2, 0.25) is 0 Å². The number of methoxy groups -OCH3 is 1. The van der Waals surface area contributed by atoms with Gasteiger partial charge in [0.2, 0.25) is 5.91 Å². The summed E-state index contributed by atoms with van der Waals surface area (Å²) in [6, 6.07) is 9.60. The fourth-order valence-electron chi connectivity index (χ4n) is 4.59. The van der Waals surface area contributed by atoms with E-state index in [4.69, 9.17) is 4.74 Å². The first kappa shape index (κ1) is 28.9. The van der Waals surface area contributed by atoms with Crippen molar-refractivity contribution < 1.29 is 22.7 Å². The Morgan fingerprint density at radius 1 is 1.26 bits per heavy atom. The molecule has 0 spiro atoms. The summed E-state index contributed by atoms with van der Waals surface area (Å²) in [6.45, 7) is 6.70. The SMILES string of the molecule is CCC(C)(C)[C@@H]1CCc2c(sc(NC(=O)CSc3nc(-c4ccc(OC)cc4)cc(C(F)(F)F)n3)c2C#N)C1. The van der Waals surface area contributed by atoms with Crippen molar-refractivity contribution in [2.24, 2.45) is 11.3 Å². The minimum Gasteiger partial charge on any atom is -0.497 e. The van der Waals surface area contributed by atoms with Gasteiger partial charge in [-0.25, -0.2) is 9.97 Å². The third-order valence-corrected chi connectivity index (χ3v) is 9.38. The Morgan fingerprint density at radius 2 is 1.97 bits per heavy atom. The number of halogens is 3. The molecule has 2 aromatic heterocycles. The number of nitrogens with zero attached hydrogens (tertiary/aromatic N) is 3. The smallest absolute Gasteiger partial charge is 0.433 e. The van der Waals surface area contributed by atoms with Crippen LogP contribution in [0.25, 0.3) is 11.3 Å². The lowest BCUT2D eigenvalue weighted by Gasteiger charge is -2.36. The Kier molecular flexibility index (Phi) is 8.57. The normalized spacial score (nSPS) is 15.4. The number of rotatable bonds is 8. The highest BCUT2D eigenvalue weighted by Crippen LogP contribution is 2.45. The largest absolute Gasteiger partial charge is 0.497 e. The van der Waals surface area contributed by atoms with Crippen LogP contribution >= 0.6 is 23.1 Å². The lowest BCUT2D eigenvalue weighted by molar-refractivity contribution is -0.141. The van der Waals surface area contributed by atoms with E-state index in [0.717, 1.165) is 54.0 Å². The molecule has 0 bridgehead atoms. The number of nitrogens with one attached hydrogen (secondary N) is 1. The van der Waals surface area contributed by atoms with Crippen molar-refractivity contribution in [3.8, 4) is 23.1 Å². The second-order valence-corrected chi connectivity index (χ2v) is 12.1. The number of thiophene rings is 1. The summed E-state index contributed by atoms with van der Waals surface area (Å²) in [4.78, 5) is 21.8. The number of fused-ring (bicyclic) bond motifs is 1. The zero-order valence-corrected chi connectivity index (χ0v) is 23.7. The number of aromatic nitrogens is 2. The maximum atomic E-state index is 13.6. The van der Waals surface area contributed by atoms with Gasteiger partial charge in [-0.3, -0.25) is 4.79 Å². The number of anilines is 1. The number of ether oxygens (including phenoxy) is 1. The fraction of sp³-hybridized carbons (Fsp3) is 0.429. The van der Waals surface area contributed by atoms with Gasteiger partial charge in [0.1, 0.15) is 22.5 Å². The van der Waals surface area contributed by atoms with Gasteiger partial charge in [-0.15, -0.1) is 11.3 Å². The van der Waals surface area contributed by atoms with Gasteiger partial charge in [-0.2, -0.15) is 18.4 Å². The van der Waals surface area contributed by atoms with E-state index in [1.165, 1.54) is 18.4 Å². The van der Waals surface area contributed by atoms with Crippen LogP contribution in [-0.2, 0) is 23.8 Å². The number of carbonyl (C=O) groups is 1. The lowest BCUT2D eigenvalue weighted by Crippen LogP contribution is -2.28. The minimum atomic E-state index is -4.68. The Hall–Kier alpha value is -3.10. The van der Waals surface area contributed by atoms with Crippen LogP contribution in [0.15, 0.2) is 35.5 Å². The quantitative estimate of drug-likeness (QED) is 0.223. The van der Waals surface area contributed by atoms with E-state index in [-0.39, 0.29) is 22.0 Å². The molecule has 0 saturated carbocycles. The van der Waals surface area contributed by atoms with Crippen LogP contribution in [0.3, 0.4) is 0 Å². The van der Waals surface area contributed by atoms with Crippen molar-refractivity contribution in [1.82, 2.24) is 9.97 Å². The summed E-state index contributed by atoms with van der Waals surface area (Å²) in [5, 5.41) is 12.9. The number of nitriles is 1. The molecule has 6 nitrogen and oxygen atoms in total. The predicted octanol–water partition coefficient (Wildman–Crippen LogP) is 7.38. The van der Waals surface area contributed by atoms with Crippen molar-refractivity contribution in [3.63, 3.8) is 0 Å². The van der Waals surface area contributed by atoms with Crippen molar-refractivity contribution in [2.45, 2.75) is 57.8 Å². The van der Waals surface area contributed by atoms with E-state index in [9.17, 15) is 23.2 Å². The lowest BCUT2D eigenvalue weighted by atomic mass is 9.69. The summed E-state index contributed by atoms with van der Waals surface area (Å²) in [7, 11) is 1.50. The topological polar surface area (TPSA) is 87.9 Å². The molecule has 1 aromatic carbocycles. The first-order chi connectivity index (χ1) is 18.4. The van der Waals surface area contributed by atoms with Crippen molar-refractivity contribution in [3.05, 3.63) is 52.0 Å². The number of benzene rings is 1. The zero-order chi connectivity index (χ0) is 28.4. The van der Waals surface area contributed by atoms with Gasteiger partial charge in [0.15, 0.2) is 5.16 Å². The fourth-order valence-corrected chi connectivity index (χ4v) is 6.54. The highest BCUT2D eigenvalue weighted by Gasteiger charge is 2.35. The molecule has 39 heavy (non-hydrogen) atoms. The first-order valence-electron chi connectivity index (χ1n) is 12.5. The maximum absolute atomic E-state index is 13.6. The Labute approximate surface area is 234 Å². The molecule has 0 saturated heterocycles. The van der Waals surface area contributed by atoms with Gasteiger partial charge in [0, 0.05) is 10.4 Å². The predicted molar refractivity (Wildman–Crippen MR) is 147 cm³/mol. The molecule has 0 fully saturated rings. The van der Waals surface area contributed by atoms with Crippen molar-refractivity contribution in [2.75, 3.05) is 18.2 Å². The summed E-state index contributed by atoms with van der Waals surface area (Å²) in [6.07, 6.45) is -0.969. The molecule has 3 aromatic rings.